The number of halogens is 1. The molecule has 0 aliphatic rings. The Bertz CT molecular complexity index is 587. The van der Waals surface area contributed by atoms with Crippen LogP contribution in [0.15, 0.2) is 41.3 Å². The van der Waals surface area contributed by atoms with Crippen LogP contribution in [0.2, 0.25) is 5.02 Å². The van der Waals surface area contributed by atoms with Gasteiger partial charge in [0, 0.05) is 23.8 Å². The minimum atomic E-state index is -0.352. The van der Waals surface area contributed by atoms with Gasteiger partial charge in [0.15, 0.2) is 5.75 Å². The van der Waals surface area contributed by atoms with E-state index in [9.17, 15) is 9.90 Å². The monoisotopic (exact) mass is 249 g/mol. The maximum Gasteiger partial charge on any atom is 0.223 e. The maximum absolute atomic E-state index is 11.2. The molecule has 3 nitrogen and oxygen atoms in total. The number of aromatic nitrogens is 1. The van der Waals surface area contributed by atoms with Gasteiger partial charge in [-0.3, -0.25) is 4.79 Å². The van der Waals surface area contributed by atoms with Crippen molar-refractivity contribution < 1.29 is 5.11 Å². The zero-order chi connectivity index (χ0) is 12.4. The smallest absolute Gasteiger partial charge is 0.223 e. The summed E-state index contributed by atoms with van der Waals surface area (Å²) < 4.78 is 1.82. The van der Waals surface area contributed by atoms with Gasteiger partial charge in [-0.15, -0.1) is 0 Å². The second kappa shape index (κ2) is 4.63. The average Bonchev–Trinajstić information content (AvgIpc) is 2.33. The first-order chi connectivity index (χ1) is 8.08. The molecule has 1 heterocycles. The van der Waals surface area contributed by atoms with Crippen LogP contribution in [-0.4, -0.2) is 9.67 Å². The minimum Gasteiger partial charge on any atom is -0.503 e. The van der Waals surface area contributed by atoms with Crippen LogP contribution in [0.3, 0.4) is 0 Å². The number of aromatic hydroxyl groups is 1. The molecular weight excluding hydrogens is 238 g/mol. The molecule has 88 valence electrons. The molecule has 0 radical (unpaired) electrons. The number of rotatable bonds is 2. The standard InChI is InChI=1S/C13H12ClNO2/c1-9-13(17)12(16)6-7-15(9)8-10-2-4-11(14)5-3-10/h2-7,17H,8H2,1H3. The van der Waals surface area contributed by atoms with E-state index in [4.69, 9.17) is 11.6 Å². The summed E-state index contributed by atoms with van der Waals surface area (Å²) in [5, 5.41) is 10.2. The second-order valence-electron chi connectivity index (χ2n) is 3.87. The van der Waals surface area contributed by atoms with Gasteiger partial charge in [0.2, 0.25) is 5.43 Å². The molecule has 17 heavy (non-hydrogen) atoms. The molecule has 2 aromatic rings. The summed E-state index contributed by atoms with van der Waals surface area (Å²) in [6.07, 6.45) is 1.67. The molecule has 0 saturated heterocycles. The summed E-state index contributed by atoms with van der Waals surface area (Å²) in [6, 6.07) is 8.81. The van der Waals surface area contributed by atoms with Crippen molar-refractivity contribution in [2.24, 2.45) is 0 Å². The van der Waals surface area contributed by atoms with Gasteiger partial charge < -0.3 is 9.67 Å². The molecule has 0 bridgehead atoms. The van der Waals surface area contributed by atoms with Crippen LogP contribution < -0.4 is 5.43 Å². The third-order valence-electron chi connectivity index (χ3n) is 2.68. The predicted molar refractivity (Wildman–Crippen MR) is 67.7 cm³/mol. The van der Waals surface area contributed by atoms with Gasteiger partial charge in [-0.2, -0.15) is 0 Å². The molecule has 1 N–H and O–H groups in total. The number of hydrogen-bond acceptors (Lipinski definition) is 2. The van der Waals surface area contributed by atoms with Crippen molar-refractivity contribution in [2.75, 3.05) is 0 Å². The van der Waals surface area contributed by atoms with E-state index in [-0.39, 0.29) is 11.2 Å². The first kappa shape index (κ1) is 11.7. The molecule has 0 unspecified atom stereocenters. The van der Waals surface area contributed by atoms with Gasteiger partial charge in [0.25, 0.3) is 0 Å². The Hall–Kier alpha value is -1.74. The first-order valence-electron chi connectivity index (χ1n) is 5.21. The fourth-order valence-electron chi connectivity index (χ4n) is 1.62. The van der Waals surface area contributed by atoms with Crippen LogP contribution >= 0.6 is 11.6 Å². The molecule has 0 saturated carbocycles. The lowest BCUT2D eigenvalue weighted by Crippen LogP contribution is -2.10. The molecule has 4 heteroatoms. The van der Waals surface area contributed by atoms with Gasteiger partial charge >= 0.3 is 0 Å². The fraction of sp³-hybridized carbons (Fsp3) is 0.154. The van der Waals surface area contributed by atoms with Crippen LogP contribution in [0.1, 0.15) is 11.3 Å². The normalized spacial score (nSPS) is 10.5. The van der Waals surface area contributed by atoms with Crippen molar-refractivity contribution in [1.29, 1.82) is 0 Å². The highest BCUT2D eigenvalue weighted by atomic mass is 35.5. The Kier molecular flexibility index (Phi) is 3.20. The summed E-state index contributed by atoms with van der Waals surface area (Å²) in [6.45, 7) is 2.31. The van der Waals surface area contributed by atoms with E-state index in [1.807, 2.05) is 28.8 Å². The van der Waals surface area contributed by atoms with Crippen molar-refractivity contribution >= 4 is 11.6 Å². The molecule has 2 rings (SSSR count). The van der Waals surface area contributed by atoms with E-state index < -0.39 is 0 Å². The van der Waals surface area contributed by atoms with Crippen LogP contribution in [0.25, 0.3) is 0 Å². The van der Waals surface area contributed by atoms with Gasteiger partial charge in [-0.05, 0) is 24.6 Å². The van der Waals surface area contributed by atoms with Gasteiger partial charge in [-0.1, -0.05) is 23.7 Å². The number of hydrogen-bond donors (Lipinski definition) is 1. The van der Waals surface area contributed by atoms with E-state index >= 15 is 0 Å². The summed E-state index contributed by atoms with van der Waals surface area (Å²) in [4.78, 5) is 11.2. The first-order valence-corrected chi connectivity index (χ1v) is 5.59. The van der Waals surface area contributed by atoms with E-state index in [1.165, 1.54) is 6.07 Å². The number of nitrogens with zero attached hydrogens (tertiary/aromatic N) is 1. The molecule has 1 aromatic heterocycles. The zero-order valence-corrected chi connectivity index (χ0v) is 10.1. The Labute approximate surface area is 104 Å². The largest absolute Gasteiger partial charge is 0.503 e. The van der Waals surface area contributed by atoms with Crippen LogP contribution in [0.4, 0.5) is 0 Å². The van der Waals surface area contributed by atoms with E-state index in [2.05, 4.69) is 0 Å². The lowest BCUT2D eigenvalue weighted by molar-refractivity contribution is 0.455. The summed E-state index contributed by atoms with van der Waals surface area (Å²) in [5.74, 6) is -0.193. The van der Waals surface area contributed by atoms with Crippen LogP contribution in [0.5, 0.6) is 5.75 Å². The van der Waals surface area contributed by atoms with Crippen molar-refractivity contribution in [3.8, 4) is 5.75 Å². The number of pyridine rings is 1. The highest BCUT2D eigenvalue weighted by Crippen LogP contribution is 2.14. The summed E-state index contributed by atoms with van der Waals surface area (Å²) in [5.41, 5.74) is 1.27. The van der Waals surface area contributed by atoms with Gasteiger partial charge in [0.05, 0.1) is 5.69 Å². The van der Waals surface area contributed by atoms with E-state index in [0.717, 1.165) is 5.56 Å². The Morgan fingerprint density at radius 2 is 1.88 bits per heavy atom. The second-order valence-corrected chi connectivity index (χ2v) is 4.30. The number of benzene rings is 1. The molecule has 0 aliphatic heterocycles. The van der Waals surface area contributed by atoms with Crippen molar-refractivity contribution in [2.45, 2.75) is 13.5 Å². The lowest BCUT2D eigenvalue weighted by Gasteiger charge is -2.11. The summed E-state index contributed by atoms with van der Waals surface area (Å²) >= 11 is 5.80. The Balaban J connectivity index is 2.34. The zero-order valence-electron chi connectivity index (χ0n) is 9.35. The highest BCUT2D eigenvalue weighted by molar-refractivity contribution is 6.30. The van der Waals surface area contributed by atoms with Crippen LogP contribution in [0, 0.1) is 6.92 Å². The third-order valence-corrected chi connectivity index (χ3v) is 2.93. The molecule has 0 amide bonds. The minimum absolute atomic E-state index is 0.193. The van der Waals surface area contributed by atoms with Gasteiger partial charge in [-0.25, -0.2) is 0 Å². The van der Waals surface area contributed by atoms with Crippen LogP contribution in [-0.2, 0) is 6.54 Å². The molecule has 0 spiro atoms. The third kappa shape index (κ3) is 2.50. The Morgan fingerprint density at radius 3 is 2.53 bits per heavy atom. The summed E-state index contributed by atoms with van der Waals surface area (Å²) in [7, 11) is 0. The highest BCUT2D eigenvalue weighted by Gasteiger charge is 2.05. The SMILES string of the molecule is Cc1c(O)c(=O)ccn1Cc1ccc(Cl)cc1. The quantitative estimate of drug-likeness (QED) is 0.889. The van der Waals surface area contributed by atoms with Crippen molar-refractivity contribution in [3.05, 3.63) is 63.0 Å². The molecular formula is C13H12ClNO2. The van der Waals surface area contributed by atoms with E-state index in [1.54, 1.807) is 13.1 Å². The van der Waals surface area contributed by atoms with Crippen molar-refractivity contribution in [1.82, 2.24) is 4.57 Å². The topological polar surface area (TPSA) is 42.2 Å². The fourth-order valence-corrected chi connectivity index (χ4v) is 1.75. The van der Waals surface area contributed by atoms with E-state index in [0.29, 0.717) is 17.3 Å². The van der Waals surface area contributed by atoms with Crippen molar-refractivity contribution in [3.63, 3.8) is 0 Å². The predicted octanol–water partition coefficient (Wildman–Crippen LogP) is 2.56. The Morgan fingerprint density at radius 1 is 1.24 bits per heavy atom. The molecule has 1 aromatic carbocycles. The molecule has 0 atom stereocenters. The molecule has 0 aliphatic carbocycles. The van der Waals surface area contributed by atoms with Gasteiger partial charge in [0.1, 0.15) is 0 Å². The maximum atomic E-state index is 11.2. The average molecular weight is 250 g/mol. The lowest BCUT2D eigenvalue weighted by atomic mass is 10.2. The molecule has 0 fully saturated rings.